The zero-order valence-corrected chi connectivity index (χ0v) is 14.4. The summed E-state index contributed by atoms with van der Waals surface area (Å²) in [4.78, 5) is 0.317. The lowest BCUT2D eigenvalue weighted by Crippen LogP contribution is -2.28. The normalized spacial score (nSPS) is 13.4. The summed E-state index contributed by atoms with van der Waals surface area (Å²) in [6.45, 7) is 7.97. The third-order valence-corrected chi connectivity index (χ3v) is 6.26. The zero-order valence-electron chi connectivity index (χ0n) is 12.8. The number of sulfonamides is 1. The Kier molecular flexibility index (Phi) is 5.91. The molecule has 1 unspecified atom stereocenters. The van der Waals surface area contributed by atoms with E-state index >= 15 is 0 Å². The van der Waals surface area contributed by atoms with Gasteiger partial charge in [-0.1, -0.05) is 13.0 Å². The molecule has 1 atom stereocenters. The van der Waals surface area contributed by atoms with Crippen molar-refractivity contribution in [2.24, 2.45) is 0 Å². The van der Waals surface area contributed by atoms with Gasteiger partial charge in [-0.2, -0.15) is 11.8 Å². The van der Waals surface area contributed by atoms with E-state index < -0.39 is 10.0 Å². The molecule has 3 N–H and O–H groups in total. The van der Waals surface area contributed by atoms with Crippen LogP contribution in [0.25, 0.3) is 0 Å². The van der Waals surface area contributed by atoms with Crippen molar-refractivity contribution in [2.45, 2.75) is 44.3 Å². The topological polar surface area (TPSA) is 72.2 Å². The van der Waals surface area contributed by atoms with Crippen molar-refractivity contribution >= 4 is 27.5 Å². The molecule has 0 aliphatic heterocycles. The number of nitrogens with one attached hydrogen (secondary N) is 1. The number of anilines is 1. The van der Waals surface area contributed by atoms with Crippen LogP contribution in [-0.2, 0) is 10.0 Å². The first-order chi connectivity index (χ1) is 9.20. The minimum Gasteiger partial charge on any atom is -0.398 e. The molecule has 0 aliphatic rings. The molecule has 0 amide bonds. The van der Waals surface area contributed by atoms with E-state index in [4.69, 9.17) is 5.73 Å². The molecule has 0 radical (unpaired) electrons. The monoisotopic (exact) mass is 316 g/mol. The number of benzene rings is 1. The van der Waals surface area contributed by atoms with Gasteiger partial charge in [0.2, 0.25) is 10.0 Å². The first-order valence-electron chi connectivity index (χ1n) is 6.59. The molecule has 0 saturated carbocycles. The lowest BCUT2D eigenvalue weighted by Gasteiger charge is -2.16. The molecule has 1 aromatic rings. The summed E-state index contributed by atoms with van der Waals surface area (Å²) < 4.78 is 27.5. The predicted octanol–water partition coefficient (Wildman–Crippen LogP) is 2.61. The van der Waals surface area contributed by atoms with E-state index in [0.29, 0.717) is 27.9 Å². The van der Waals surface area contributed by atoms with Crippen LogP contribution in [0.5, 0.6) is 0 Å². The molecule has 4 nitrogen and oxygen atoms in total. The van der Waals surface area contributed by atoms with Crippen molar-refractivity contribution in [3.63, 3.8) is 0 Å². The molecular formula is C14H24N2O2S2. The van der Waals surface area contributed by atoms with E-state index in [-0.39, 0.29) is 0 Å². The average molecular weight is 316 g/mol. The summed E-state index contributed by atoms with van der Waals surface area (Å²) in [7, 11) is -3.50. The van der Waals surface area contributed by atoms with Crippen LogP contribution in [-0.4, -0.2) is 26.5 Å². The van der Waals surface area contributed by atoms with Gasteiger partial charge in [0, 0.05) is 17.5 Å². The molecule has 114 valence electrons. The Morgan fingerprint density at radius 3 is 2.45 bits per heavy atom. The van der Waals surface area contributed by atoms with Crippen LogP contribution < -0.4 is 10.5 Å². The lowest BCUT2D eigenvalue weighted by molar-refractivity contribution is 0.577. The molecule has 1 aromatic carbocycles. The molecule has 0 saturated heterocycles. The van der Waals surface area contributed by atoms with Gasteiger partial charge < -0.3 is 5.73 Å². The highest BCUT2D eigenvalue weighted by molar-refractivity contribution is 7.99. The highest BCUT2D eigenvalue weighted by atomic mass is 32.2. The molecule has 1 rings (SSSR count). The molecule has 0 heterocycles. The molecule has 6 heteroatoms. The van der Waals surface area contributed by atoms with Gasteiger partial charge in [-0.25, -0.2) is 13.1 Å². The average Bonchev–Trinajstić information content (AvgIpc) is 2.35. The van der Waals surface area contributed by atoms with E-state index in [0.717, 1.165) is 17.5 Å². The quantitative estimate of drug-likeness (QED) is 0.791. The van der Waals surface area contributed by atoms with E-state index in [9.17, 15) is 8.42 Å². The van der Waals surface area contributed by atoms with Gasteiger partial charge in [0.15, 0.2) is 0 Å². The Morgan fingerprint density at radius 1 is 1.30 bits per heavy atom. The maximum atomic E-state index is 12.4. The second-order valence-electron chi connectivity index (χ2n) is 5.11. The van der Waals surface area contributed by atoms with Crippen LogP contribution in [0.15, 0.2) is 11.0 Å². The van der Waals surface area contributed by atoms with Gasteiger partial charge in [-0.3, -0.25) is 0 Å². The fraction of sp³-hybridized carbons (Fsp3) is 0.571. The number of aryl methyl sites for hydroxylation is 2. The first kappa shape index (κ1) is 17.3. The van der Waals surface area contributed by atoms with Crippen molar-refractivity contribution in [3.05, 3.63) is 22.8 Å². The number of rotatable bonds is 6. The number of hydrogen-bond acceptors (Lipinski definition) is 4. The Bertz CT molecular complexity index is 583. The summed E-state index contributed by atoms with van der Waals surface area (Å²) in [6, 6.07) is 1.82. The Morgan fingerprint density at radius 2 is 1.90 bits per heavy atom. The van der Waals surface area contributed by atoms with Crippen LogP contribution in [0.2, 0.25) is 0 Å². The highest BCUT2D eigenvalue weighted by Crippen LogP contribution is 2.27. The minimum atomic E-state index is -3.50. The van der Waals surface area contributed by atoms with Gasteiger partial charge in [-0.15, -0.1) is 0 Å². The molecular weight excluding hydrogens is 292 g/mol. The fourth-order valence-electron chi connectivity index (χ4n) is 2.18. The van der Waals surface area contributed by atoms with E-state index in [1.54, 1.807) is 25.6 Å². The number of nitrogens with two attached hydrogens (primary N) is 1. The molecule has 0 aliphatic carbocycles. The van der Waals surface area contributed by atoms with Gasteiger partial charge in [0.25, 0.3) is 0 Å². The summed E-state index contributed by atoms with van der Waals surface area (Å²) >= 11 is 1.73. The SMILES string of the molecule is CSC(C)CCNS(=O)(=O)c1c(C)cc(C)c(N)c1C. The third kappa shape index (κ3) is 3.90. The van der Waals surface area contributed by atoms with Crippen LogP contribution in [0, 0.1) is 20.8 Å². The maximum absolute atomic E-state index is 12.4. The van der Waals surface area contributed by atoms with E-state index in [1.807, 2.05) is 19.2 Å². The smallest absolute Gasteiger partial charge is 0.241 e. The Hall–Kier alpha value is -0.720. The van der Waals surface area contributed by atoms with Gasteiger partial charge in [-0.05, 0) is 50.1 Å². The standard InChI is InChI=1S/C14H24N2O2S2/c1-9-8-10(2)14(12(4)13(9)15)20(17,18)16-7-6-11(3)19-5/h8,11,16H,6-7,15H2,1-5H3. The zero-order chi connectivity index (χ0) is 15.5. The predicted molar refractivity (Wildman–Crippen MR) is 87.8 cm³/mol. The molecule has 0 spiro atoms. The number of thioether (sulfide) groups is 1. The number of nitrogen functional groups attached to an aromatic ring is 1. The second-order valence-corrected chi connectivity index (χ2v) is 8.09. The summed E-state index contributed by atoms with van der Waals surface area (Å²) in [5, 5.41) is 0.433. The van der Waals surface area contributed by atoms with Crippen LogP contribution in [0.3, 0.4) is 0 Å². The Balaban J connectivity index is 3.02. The highest BCUT2D eigenvalue weighted by Gasteiger charge is 2.21. The van der Waals surface area contributed by atoms with Crippen molar-refractivity contribution in [1.82, 2.24) is 4.72 Å². The van der Waals surface area contributed by atoms with Crippen molar-refractivity contribution < 1.29 is 8.42 Å². The molecule has 0 fully saturated rings. The fourth-order valence-corrected chi connectivity index (χ4v) is 4.06. The second kappa shape index (κ2) is 6.83. The van der Waals surface area contributed by atoms with Crippen molar-refractivity contribution in [1.29, 1.82) is 0 Å². The van der Waals surface area contributed by atoms with Gasteiger partial charge in [0.1, 0.15) is 0 Å². The molecule has 0 bridgehead atoms. The van der Waals surface area contributed by atoms with Gasteiger partial charge in [0.05, 0.1) is 4.90 Å². The van der Waals surface area contributed by atoms with Crippen LogP contribution in [0.4, 0.5) is 5.69 Å². The third-order valence-electron chi connectivity index (χ3n) is 3.47. The first-order valence-corrected chi connectivity index (χ1v) is 9.36. The van der Waals surface area contributed by atoms with Crippen LogP contribution in [0.1, 0.15) is 30.0 Å². The lowest BCUT2D eigenvalue weighted by atomic mass is 10.1. The minimum absolute atomic E-state index is 0.317. The van der Waals surface area contributed by atoms with Gasteiger partial charge >= 0.3 is 0 Å². The summed E-state index contributed by atoms with van der Waals surface area (Å²) in [5.74, 6) is 0. The van der Waals surface area contributed by atoms with Crippen LogP contribution >= 0.6 is 11.8 Å². The van der Waals surface area contributed by atoms with Crippen molar-refractivity contribution in [2.75, 3.05) is 18.5 Å². The summed E-state index contributed by atoms with van der Waals surface area (Å²) in [5.41, 5.74) is 8.78. The van der Waals surface area contributed by atoms with Crippen molar-refractivity contribution in [3.8, 4) is 0 Å². The molecule has 0 aromatic heterocycles. The largest absolute Gasteiger partial charge is 0.398 e. The molecule has 20 heavy (non-hydrogen) atoms. The maximum Gasteiger partial charge on any atom is 0.241 e. The van der Waals surface area contributed by atoms with E-state index in [1.165, 1.54) is 0 Å². The number of hydrogen-bond donors (Lipinski definition) is 2. The Labute approximate surface area is 126 Å². The van der Waals surface area contributed by atoms with E-state index in [2.05, 4.69) is 11.6 Å². The summed E-state index contributed by atoms with van der Waals surface area (Å²) in [6.07, 6.45) is 2.83.